The molecule has 1 heterocycles. The summed E-state index contributed by atoms with van der Waals surface area (Å²) < 4.78 is 5.70. The quantitative estimate of drug-likeness (QED) is 0.838. The monoisotopic (exact) mass is 271 g/mol. The predicted octanol–water partition coefficient (Wildman–Crippen LogP) is 3.40. The van der Waals surface area contributed by atoms with E-state index in [0.29, 0.717) is 24.4 Å². The van der Waals surface area contributed by atoms with Crippen molar-refractivity contribution in [2.45, 2.75) is 45.2 Å². The van der Waals surface area contributed by atoms with E-state index in [0.717, 1.165) is 17.9 Å². The van der Waals surface area contributed by atoms with Gasteiger partial charge < -0.3 is 9.73 Å². The number of hydrogen-bond donors (Lipinski definition) is 1. The molecular weight excluding hydrogens is 250 g/mol. The molecule has 0 amide bonds. The summed E-state index contributed by atoms with van der Waals surface area (Å²) in [5, 5.41) is 11.7. The standard InChI is InChI=1S/C16H21N3O/c1-2-14(10-12-8-9-12)17-11-15-18-19-16(20-15)13-6-4-3-5-7-13/h3-7,12,14,17H,2,8-11H2,1H3. The molecule has 1 saturated carbocycles. The van der Waals surface area contributed by atoms with Crippen molar-refractivity contribution in [3.8, 4) is 11.5 Å². The Labute approximate surface area is 119 Å². The van der Waals surface area contributed by atoms with Crippen LogP contribution in [-0.4, -0.2) is 16.2 Å². The number of benzene rings is 1. The van der Waals surface area contributed by atoms with Crippen molar-refractivity contribution in [3.63, 3.8) is 0 Å². The maximum absolute atomic E-state index is 5.70. The Morgan fingerprint density at radius 1 is 1.25 bits per heavy atom. The summed E-state index contributed by atoms with van der Waals surface area (Å²) >= 11 is 0. The van der Waals surface area contributed by atoms with Crippen LogP contribution < -0.4 is 5.32 Å². The van der Waals surface area contributed by atoms with Crippen molar-refractivity contribution in [1.82, 2.24) is 15.5 Å². The molecule has 4 heteroatoms. The van der Waals surface area contributed by atoms with Crippen molar-refractivity contribution in [2.75, 3.05) is 0 Å². The fourth-order valence-corrected chi connectivity index (χ4v) is 2.40. The number of nitrogens with zero attached hydrogens (tertiary/aromatic N) is 2. The minimum Gasteiger partial charge on any atom is -0.419 e. The highest BCUT2D eigenvalue weighted by Crippen LogP contribution is 2.34. The second kappa shape index (κ2) is 6.18. The van der Waals surface area contributed by atoms with Crippen LogP contribution >= 0.6 is 0 Å². The fourth-order valence-electron chi connectivity index (χ4n) is 2.40. The Kier molecular flexibility index (Phi) is 4.11. The van der Waals surface area contributed by atoms with Crippen LogP contribution in [0.4, 0.5) is 0 Å². The molecule has 4 nitrogen and oxygen atoms in total. The summed E-state index contributed by atoms with van der Waals surface area (Å²) in [7, 11) is 0. The van der Waals surface area contributed by atoms with E-state index >= 15 is 0 Å². The first kappa shape index (κ1) is 13.3. The van der Waals surface area contributed by atoms with Gasteiger partial charge in [-0.25, -0.2) is 0 Å². The summed E-state index contributed by atoms with van der Waals surface area (Å²) in [5.74, 6) is 2.20. The molecule has 20 heavy (non-hydrogen) atoms. The van der Waals surface area contributed by atoms with E-state index in [1.165, 1.54) is 19.3 Å². The average Bonchev–Trinajstić information content (AvgIpc) is 3.19. The highest BCUT2D eigenvalue weighted by molar-refractivity contribution is 5.51. The summed E-state index contributed by atoms with van der Waals surface area (Å²) in [6, 6.07) is 10.4. The number of nitrogens with one attached hydrogen (secondary N) is 1. The summed E-state index contributed by atoms with van der Waals surface area (Å²) in [5.41, 5.74) is 0.969. The lowest BCUT2D eigenvalue weighted by Gasteiger charge is -2.14. The molecule has 1 N–H and O–H groups in total. The third-order valence-electron chi connectivity index (χ3n) is 3.84. The van der Waals surface area contributed by atoms with E-state index in [4.69, 9.17) is 4.42 Å². The van der Waals surface area contributed by atoms with Crippen LogP contribution in [0, 0.1) is 5.92 Å². The Hall–Kier alpha value is -1.68. The second-order valence-electron chi connectivity index (χ2n) is 5.53. The zero-order valence-corrected chi connectivity index (χ0v) is 11.9. The molecule has 0 spiro atoms. The summed E-state index contributed by atoms with van der Waals surface area (Å²) in [4.78, 5) is 0. The van der Waals surface area contributed by atoms with Crippen LogP contribution in [0.5, 0.6) is 0 Å². The van der Waals surface area contributed by atoms with E-state index in [2.05, 4.69) is 22.4 Å². The van der Waals surface area contributed by atoms with Gasteiger partial charge in [-0.15, -0.1) is 10.2 Å². The summed E-state index contributed by atoms with van der Waals surface area (Å²) in [6.45, 7) is 2.88. The van der Waals surface area contributed by atoms with Crippen molar-refractivity contribution in [2.24, 2.45) is 5.92 Å². The lowest BCUT2D eigenvalue weighted by atomic mass is 10.1. The Balaban J connectivity index is 1.56. The molecule has 1 aromatic heterocycles. The molecule has 1 aromatic carbocycles. The highest BCUT2D eigenvalue weighted by Gasteiger charge is 2.24. The normalized spacial score (nSPS) is 16.2. The first-order valence-corrected chi connectivity index (χ1v) is 7.46. The van der Waals surface area contributed by atoms with Crippen LogP contribution in [0.25, 0.3) is 11.5 Å². The number of rotatable bonds is 7. The molecule has 1 unspecified atom stereocenters. The minimum absolute atomic E-state index is 0.564. The van der Waals surface area contributed by atoms with Gasteiger partial charge in [0.05, 0.1) is 6.54 Å². The lowest BCUT2D eigenvalue weighted by molar-refractivity contribution is 0.404. The van der Waals surface area contributed by atoms with E-state index < -0.39 is 0 Å². The van der Waals surface area contributed by atoms with Gasteiger partial charge in [0.1, 0.15) is 0 Å². The molecule has 0 aliphatic heterocycles. The Morgan fingerprint density at radius 3 is 2.75 bits per heavy atom. The maximum Gasteiger partial charge on any atom is 0.247 e. The highest BCUT2D eigenvalue weighted by atomic mass is 16.4. The van der Waals surface area contributed by atoms with Crippen LogP contribution in [0.15, 0.2) is 34.7 Å². The third-order valence-corrected chi connectivity index (χ3v) is 3.84. The van der Waals surface area contributed by atoms with Gasteiger partial charge in [-0.2, -0.15) is 0 Å². The predicted molar refractivity (Wildman–Crippen MR) is 78.0 cm³/mol. The molecule has 106 valence electrons. The van der Waals surface area contributed by atoms with Crippen molar-refractivity contribution in [1.29, 1.82) is 0 Å². The van der Waals surface area contributed by atoms with Crippen molar-refractivity contribution < 1.29 is 4.42 Å². The number of hydrogen-bond acceptors (Lipinski definition) is 4. The summed E-state index contributed by atoms with van der Waals surface area (Å²) in [6.07, 6.45) is 5.22. The Morgan fingerprint density at radius 2 is 2.05 bits per heavy atom. The van der Waals surface area contributed by atoms with Gasteiger partial charge in [0.25, 0.3) is 0 Å². The zero-order valence-electron chi connectivity index (χ0n) is 11.9. The molecule has 0 radical (unpaired) electrons. The van der Waals surface area contributed by atoms with Crippen LogP contribution in [0.3, 0.4) is 0 Å². The lowest BCUT2D eigenvalue weighted by Crippen LogP contribution is -2.28. The van der Waals surface area contributed by atoms with Crippen molar-refractivity contribution >= 4 is 0 Å². The molecule has 1 fully saturated rings. The van der Waals surface area contributed by atoms with Gasteiger partial charge in [-0.05, 0) is 30.9 Å². The topological polar surface area (TPSA) is 51.0 Å². The van der Waals surface area contributed by atoms with Gasteiger partial charge in [0, 0.05) is 11.6 Å². The maximum atomic E-state index is 5.70. The minimum atomic E-state index is 0.564. The first-order chi connectivity index (χ1) is 9.85. The Bertz CT molecular complexity index is 534. The van der Waals surface area contributed by atoms with Gasteiger partial charge in [-0.1, -0.05) is 38.0 Å². The average molecular weight is 271 g/mol. The van der Waals surface area contributed by atoms with Gasteiger partial charge in [0.15, 0.2) is 0 Å². The van der Waals surface area contributed by atoms with Crippen LogP contribution in [0.1, 0.15) is 38.5 Å². The van der Waals surface area contributed by atoms with E-state index in [-0.39, 0.29) is 0 Å². The van der Waals surface area contributed by atoms with Gasteiger partial charge in [-0.3, -0.25) is 0 Å². The number of aromatic nitrogens is 2. The van der Waals surface area contributed by atoms with Crippen molar-refractivity contribution in [3.05, 3.63) is 36.2 Å². The third kappa shape index (κ3) is 3.45. The molecule has 1 aliphatic carbocycles. The van der Waals surface area contributed by atoms with E-state index in [1.54, 1.807) is 0 Å². The SMILES string of the molecule is CCC(CC1CC1)NCc1nnc(-c2ccccc2)o1. The fraction of sp³-hybridized carbons (Fsp3) is 0.500. The second-order valence-corrected chi connectivity index (χ2v) is 5.53. The zero-order chi connectivity index (χ0) is 13.8. The molecule has 1 atom stereocenters. The van der Waals surface area contributed by atoms with E-state index in [1.807, 2.05) is 30.3 Å². The molecule has 0 saturated heterocycles. The van der Waals surface area contributed by atoms with Gasteiger partial charge >= 0.3 is 0 Å². The van der Waals surface area contributed by atoms with Gasteiger partial charge in [0.2, 0.25) is 11.8 Å². The first-order valence-electron chi connectivity index (χ1n) is 7.46. The largest absolute Gasteiger partial charge is 0.419 e. The molecule has 1 aliphatic rings. The van der Waals surface area contributed by atoms with E-state index in [9.17, 15) is 0 Å². The molecule has 2 aromatic rings. The molecule has 3 rings (SSSR count). The molecular formula is C16H21N3O. The smallest absolute Gasteiger partial charge is 0.247 e. The van der Waals surface area contributed by atoms with Crippen LogP contribution in [-0.2, 0) is 6.54 Å². The van der Waals surface area contributed by atoms with Crippen LogP contribution in [0.2, 0.25) is 0 Å². The molecule has 0 bridgehead atoms.